The topological polar surface area (TPSA) is 57.6 Å². The Bertz CT molecular complexity index is 492. The third-order valence-electron chi connectivity index (χ3n) is 3.50. The minimum Gasteiger partial charge on any atom is -0.480 e. The van der Waals surface area contributed by atoms with Crippen LogP contribution in [0.5, 0.6) is 0 Å². The molecule has 0 unspecified atom stereocenters. The second kappa shape index (κ2) is 4.80. The molecule has 98 valence electrons. The number of likely N-dealkylation sites (N-methyl/N-ethyl adjacent to an activating group) is 1. The van der Waals surface area contributed by atoms with Crippen molar-refractivity contribution < 1.29 is 14.7 Å². The first-order valence-electron chi connectivity index (χ1n) is 5.77. The minimum absolute atomic E-state index is 0.274. The molecule has 1 amide bonds. The number of carbonyl (C=O) groups excluding carboxylic acids is 1. The van der Waals surface area contributed by atoms with Gasteiger partial charge in [0.2, 0.25) is 0 Å². The summed E-state index contributed by atoms with van der Waals surface area (Å²) < 4.78 is 0. The van der Waals surface area contributed by atoms with E-state index in [0.29, 0.717) is 5.56 Å². The summed E-state index contributed by atoms with van der Waals surface area (Å²) in [5, 5.41) is 9.14. The van der Waals surface area contributed by atoms with Crippen LogP contribution < -0.4 is 0 Å². The third kappa shape index (κ3) is 2.37. The number of aliphatic carboxylic acids is 1. The van der Waals surface area contributed by atoms with E-state index in [2.05, 4.69) is 0 Å². The van der Waals surface area contributed by atoms with E-state index in [9.17, 15) is 9.59 Å². The molecule has 4 heteroatoms. The molecule has 1 N–H and O–H groups in total. The van der Waals surface area contributed by atoms with Crippen molar-refractivity contribution in [2.45, 2.75) is 33.2 Å². The summed E-state index contributed by atoms with van der Waals surface area (Å²) in [4.78, 5) is 24.7. The predicted molar refractivity (Wildman–Crippen MR) is 69.7 cm³/mol. The SMILES string of the molecule is Cc1cccc(C(=O)N(C)C(C)(C)C(=O)O)c1C. The highest BCUT2D eigenvalue weighted by molar-refractivity contribution is 5.98. The fourth-order valence-corrected chi connectivity index (χ4v) is 1.56. The molecule has 4 nitrogen and oxygen atoms in total. The highest BCUT2D eigenvalue weighted by Crippen LogP contribution is 2.20. The van der Waals surface area contributed by atoms with E-state index in [1.165, 1.54) is 25.8 Å². The molecule has 1 rings (SSSR count). The van der Waals surface area contributed by atoms with Gasteiger partial charge >= 0.3 is 5.97 Å². The van der Waals surface area contributed by atoms with Gasteiger partial charge in [0.05, 0.1) is 0 Å². The van der Waals surface area contributed by atoms with Gasteiger partial charge in [-0.15, -0.1) is 0 Å². The number of carbonyl (C=O) groups is 2. The van der Waals surface area contributed by atoms with Gasteiger partial charge in [-0.05, 0) is 44.9 Å². The van der Waals surface area contributed by atoms with Crippen LogP contribution in [0.15, 0.2) is 18.2 Å². The Morgan fingerprint density at radius 3 is 2.28 bits per heavy atom. The summed E-state index contributed by atoms with van der Waals surface area (Å²) in [6.45, 7) is 6.81. The van der Waals surface area contributed by atoms with Gasteiger partial charge in [0.15, 0.2) is 0 Å². The van der Waals surface area contributed by atoms with E-state index in [1.54, 1.807) is 12.1 Å². The number of hydrogen-bond acceptors (Lipinski definition) is 2. The van der Waals surface area contributed by atoms with Crippen LogP contribution in [0.2, 0.25) is 0 Å². The van der Waals surface area contributed by atoms with Crippen LogP contribution in [0.1, 0.15) is 35.3 Å². The maximum atomic E-state index is 12.3. The molecule has 0 spiro atoms. The van der Waals surface area contributed by atoms with Crippen molar-refractivity contribution in [2.75, 3.05) is 7.05 Å². The Hall–Kier alpha value is -1.84. The maximum Gasteiger partial charge on any atom is 0.329 e. The number of rotatable bonds is 3. The number of nitrogens with zero attached hydrogens (tertiary/aromatic N) is 1. The monoisotopic (exact) mass is 249 g/mol. The lowest BCUT2D eigenvalue weighted by Crippen LogP contribution is -2.50. The predicted octanol–water partition coefficient (Wildman–Crippen LogP) is 2.24. The van der Waals surface area contributed by atoms with Crippen molar-refractivity contribution in [3.05, 3.63) is 34.9 Å². The lowest BCUT2D eigenvalue weighted by Gasteiger charge is -2.32. The van der Waals surface area contributed by atoms with Crippen LogP contribution in [0.3, 0.4) is 0 Å². The summed E-state index contributed by atoms with van der Waals surface area (Å²) in [5.41, 5.74) is 1.22. The maximum absolute atomic E-state index is 12.3. The normalized spacial score (nSPS) is 11.2. The largest absolute Gasteiger partial charge is 0.480 e. The Balaban J connectivity index is 3.16. The van der Waals surface area contributed by atoms with Crippen molar-refractivity contribution in [1.29, 1.82) is 0 Å². The van der Waals surface area contributed by atoms with Crippen molar-refractivity contribution in [3.63, 3.8) is 0 Å². The molecule has 0 atom stereocenters. The summed E-state index contributed by atoms with van der Waals surface area (Å²) in [6.07, 6.45) is 0. The zero-order valence-corrected chi connectivity index (χ0v) is 11.4. The van der Waals surface area contributed by atoms with Gasteiger partial charge < -0.3 is 10.0 Å². The minimum atomic E-state index is -1.23. The van der Waals surface area contributed by atoms with E-state index >= 15 is 0 Å². The first-order chi connectivity index (χ1) is 8.19. The number of hydrogen-bond donors (Lipinski definition) is 1. The molecule has 18 heavy (non-hydrogen) atoms. The lowest BCUT2D eigenvalue weighted by atomic mass is 9.99. The average Bonchev–Trinajstić information content (AvgIpc) is 2.30. The molecular weight excluding hydrogens is 230 g/mol. The number of amides is 1. The Morgan fingerprint density at radius 1 is 1.22 bits per heavy atom. The molecule has 0 bridgehead atoms. The standard InChI is InChI=1S/C14H19NO3/c1-9-7-6-8-11(10(9)2)12(16)15(5)14(3,4)13(17)18/h6-8H,1-5H3,(H,17,18). The fraction of sp³-hybridized carbons (Fsp3) is 0.429. The Labute approximate surface area is 107 Å². The van der Waals surface area contributed by atoms with Crippen LogP contribution in [-0.4, -0.2) is 34.5 Å². The van der Waals surface area contributed by atoms with Gasteiger partial charge in [-0.1, -0.05) is 12.1 Å². The number of carboxylic acid groups (broad SMARTS) is 1. The summed E-state index contributed by atoms with van der Waals surface area (Å²) in [6, 6.07) is 5.45. The Kier molecular flexibility index (Phi) is 3.79. The van der Waals surface area contributed by atoms with Gasteiger partial charge in [-0.25, -0.2) is 4.79 Å². The number of aryl methyl sites for hydroxylation is 1. The van der Waals surface area contributed by atoms with Gasteiger partial charge in [0, 0.05) is 12.6 Å². The Morgan fingerprint density at radius 2 is 1.78 bits per heavy atom. The fourth-order valence-electron chi connectivity index (χ4n) is 1.56. The molecule has 0 saturated heterocycles. The molecular formula is C14H19NO3. The molecule has 0 aliphatic heterocycles. The first kappa shape index (κ1) is 14.2. The van der Waals surface area contributed by atoms with E-state index < -0.39 is 11.5 Å². The highest BCUT2D eigenvalue weighted by Gasteiger charge is 2.35. The molecule has 0 fully saturated rings. The van der Waals surface area contributed by atoms with Crippen LogP contribution >= 0.6 is 0 Å². The van der Waals surface area contributed by atoms with Crippen molar-refractivity contribution in [2.24, 2.45) is 0 Å². The molecule has 0 aliphatic carbocycles. The van der Waals surface area contributed by atoms with Gasteiger partial charge in [-0.3, -0.25) is 4.79 Å². The van der Waals surface area contributed by atoms with Crippen LogP contribution in [-0.2, 0) is 4.79 Å². The van der Waals surface area contributed by atoms with Gasteiger partial charge in [-0.2, -0.15) is 0 Å². The van der Waals surface area contributed by atoms with Crippen LogP contribution in [0, 0.1) is 13.8 Å². The van der Waals surface area contributed by atoms with E-state index in [0.717, 1.165) is 11.1 Å². The second-order valence-electron chi connectivity index (χ2n) is 4.98. The van der Waals surface area contributed by atoms with Crippen LogP contribution in [0.25, 0.3) is 0 Å². The summed E-state index contributed by atoms with van der Waals surface area (Å²) in [7, 11) is 1.51. The zero-order chi connectivity index (χ0) is 14.1. The molecule has 0 aliphatic rings. The van der Waals surface area contributed by atoms with Crippen molar-refractivity contribution in [3.8, 4) is 0 Å². The second-order valence-corrected chi connectivity index (χ2v) is 4.98. The van der Waals surface area contributed by atoms with E-state index in [1.807, 2.05) is 19.9 Å². The third-order valence-corrected chi connectivity index (χ3v) is 3.50. The number of carboxylic acids is 1. The molecule has 0 saturated carbocycles. The average molecular weight is 249 g/mol. The molecule has 0 aromatic heterocycles. The molecule has 1 aromatic rings. The molecule has 0 radical (unpaired) electrons. The van der Waals surface area contributed by atoms with Crippen LogP contribution in [0.4, 0.5) is 0 Å². The van der Waals surface area contributed by atoms with Gasteiger partial charge in [0.25, 0.3) is 5.91 Å². The smallest absolute Gasteiger partial charge is 0.329 e. The molecule has 0 heterocycles. The van der Waals surface area contributed by atoms with Crippen molar-refractivity contribution >= 4 is 11.9 Å². The zero-order valence-electron chi connectivity index (χ0n) is 11.4. The summed E-state index contributed by atoms with van der Waals surface area (Å²) in [5.74, 6) is -1.30. The highest BCUT2D eigenvalue weighted by atomic mass is 16.4. The van der Waals surface area contributed by atoms with Crippen molar-refractivity contribution in [1.82, 2.24) is 4.90 Å². The van der Waals surface area contributed by atoms with Gasteiger partial charge in [0.1, 0.15) is 5.54 Å². The quantitative estimate of drug-likeness (QED) is 0.893. The van der Waals surface area contributed by atoms with E-state index in [-0.39, 0.29) is 5.91 Å². The first-order valence-corrected chi connectivity index (χ1v) is 5.77. The lowest BCUT2D eigenvalue weighted by molar-refractivity contribution is -0.147. The molecule has 1 aromatic carbocycles. The number of benzene rings is 1. The summed E-state index contributed by atoms with van der Waals surface area (Å²) >= 11 is 0. The van der Waals surface area contributed by atoms with E-state index in [4.69, 9.17) is 5.11 Å².